The lowest BCUT2D eigenvalue weighted by atomic mass is 10.1. The molecule has 0 unspecified atom stereocenters. The van der Waals surface area contributed by atoms with Crippen molar-refractivity contribution in [1.29, 1.82) is 0 Å². The van der Waals surface area contributed by atoms with Gasteiger partial charge in [0, 0.05) is 18.8 Å². The van der Waals surface area contributed by atoms with Gasteiger partial charge in [0.05, 0.1) is 12.7 Å². The summed E-state index contributed by atoms with van der Waals surface area (Å²) in [6.45, 7) is 0.218. The quantitative estimate of drug-likeness (QED) is 0.464. The van der Waals surface area contributed by atoms with Crippen LogP contribution >= 0.6 is 0 Å². The molecule has 2 aliphatic rings. The van der Waals surface area contributed by atoms with E-state index in [-0.39, 0.29) is 19.3 Å². The SMILES string of the molecule is NC[C@H]1O[C@@H](OC[C@@H]2CC[C@H](n3ccc(=O)[nH]c3=O)O2)[C@H](O)[C@@H]1O. The minimum atomic E-state index is -1.17. The average molecular weight is 343 g/mol. The number of nitrogens with one attached hydrogen (secondary N) is 1. The van der Waals surface area contributed by atoms with Crippen LogP contribution < -0.4 is 17.0 Å². The molecule has 3 heterocycles. The molecular weight excluding hydrogens is 322 g/mol. The molecule has 24 heavy (non-hydrogen) atoms. The molecule has 3 rings (SSSR count). The fraction of sp³-hybridized carbons (Fsp3) is 0.714. The number of hydrogen-bond acceptors (Lipinski definition) is 8. The van der Waals surface area contributed by atoms with Crippen molar-refractivity contribution < 1.29 is 24.4 Å². The van der Waals surface area contributed by atoms with Crippen molar-refractivity contribution in [3.8, 4) is 0 Å². The van der Waals surface area contributed by atoms with E-state index in [2.05, 4.69) is 4.98 Å². The van der Waals surface area contributed by atoms with E-state index in [1.807, 2.05) is 0 Å². The third-order valence-electron chi connectivity index (χ3n) is 4.24. The molecule has 2 saturated heterocycles. The molecule has 2 aliphatic heterocycles. The van der Waals surface area contributed by atoms with Gasteiger partial charge in [-0.1, -0.05) is 0 Å². The van der Waals surface area contributed by atoms with Crippen LogP contribution in [0.25, 0.3) is 0 Å². The second kappa shape index (κ2) is 7.13. The van der Waals surface area contributed by atoms with E-state index >= 15 is 0 Å². The van der Waals surface area contributed by atoms with Gasteiger partial charge >= 0.3 is 5.69 Å². The Morgan fingerprint density at radius 1 is 1.29 bits per heavy atom. The van der Waals surface area contributed by atoms with Gasteiger partial charge in [0.15, 0.2) is 6.29 Å². The Morgan fingerprint density at radius 2 is 2.08 bits per heavy atom. The number of aromatic nitrogens is 2. The third kappa shape index (κ3) is 3.43. The van der Waals surface area contributed by atoms with Gasteiger partial charge in [0.2, 0.25) is 0 Å². The summed E-state index contributed by atoms with van der Waals surface area (Å²) in [7, 11) is 0. The minimum Gasteiger partial charge on any atom is -0.387 e. The molecule has 10 nitrogen and oxygen atoms in total. The third-order valence-corrected chi connectivity index (χ3v) is 4.24. The van der Waals surface area contributed by atoms with Gasteiger partial charge in [-0.05, 0) is 12.8 Å². The van der Waals surface area contributed by atoms with E-state index in [1.54, 1.807) is 0 Å². The lowest BCUT2D eigenvalue weighted by molar-refractivity contribution is -0.182. The Hall–Kier alpha value is -1.56. The number of aliphatic hydroxyl groups is 2. The zero-order valence-electron chi connectivity index (χ0n) is 12.9. The maximum absolute atomic E-state index is 11.8. The van der Waals surface area contributed by atoms with Crippen molar-refractivity contribution in [1.82, 2.24) is 9.55 Å². The van der Waals surface area contributed by atoms with Crippen molar-refractivity contribution >= 4 is 0 Å². The number of rotatable bonds is 5. The molecule has 0 radical (unpaired) electrons. The maximum Gasteiger partial charge on any atom is 0.330 e. The zero-order chi connectivity index (χ0) is 17.3. The van der Waals surface area contributed by atoms with Crippen LogP contribution in [0.1, 0.15) is 19.1 Å². The van der Waals surface area contributed by atoms with Crippen LogP contribution in [0.2, 0.25) is 0 Å². The van der Waals surface area contributed by atoms with E-state index < -0.39 is 42.1 Å². The van der Waals surface area contributed by atoms with E-state index in [4.69, 9.17) is 19.9 Å². The van der Waals surface area contributed by atoms with E-state index in [9.17, 15) is 19.8 Å². The molecule has 0 amide bonds. The predicted molar refractivity (Wildman–Crippen MR) is 80.1 cm³/mol. The molecule has 0 bridgehead atoms. The molecule has 10 heteroatoms. The number of H-pyrrole nitrogens is 1. The van der Waals surface area contributed by atoms with Crippen LogP contribution in [-0.2, 0) is 14.2 Å². The summed E-state index contributed by atoms with van der Waals surface area (Å²) in [5.74, 6) is 0. The summed E-state index contributed by atoms with van der Waals surface area (Å²) >= 11 is 0. The molecule has 1 aromatic rings. The van der Waals surface area contributed by atoms with Crippen molar-refractivity contribution in [2.45, 2.75) is 49.8 Å². The first-order valence-electron chi connectivity index (χ1n) is 7.80. The average Bonchev–Trinajstić information content (AvgIpc) is 3.12. The number of aliphatic hydroxyl groups excluding tert-OH is 2. The molecule has 2 fully saturated rings. The highest BCUT2D eigenvalue weighted by Gasteiger charge is 2.43. The highest BCUT2D eigenvalue weighted by Crippen LogP contribution is 2.28. The van der Waals surface area contributed by atoms with E-state index in [0.717, 1.165) is 0 Å². The fourth-order valence-electron chi connectivity index (χ4n) is 2.92. The Labute approximate surface area is 136 Å². The highest BCUT2D eigenvalue weighted by atomic mass is 16.7. The second-order valence-corrected chi connectivity index (χ2v) is 5.90. The molecule has 0 spiro atoms. The van der Waals surface area contributed by atoms with E-state index in [1.165, 1.54) is 16.8 Å². The van der Waals surface area contributed by atoms with Gasteiger partial charge in [0.1, 0.15) is 24.5 Å². The van der Waals surface area contributed by atoms with Crippen molar-refractivity contribution in [2.24, 2.45) is 5.73 Å². The molecule has 6 atom stereocenters. The lowest BCUT2D eigenvalue weighted by Gasteiger charge is -2.19. The number of hydrogen-bond donors (Lipinski definition) is 4. The largest absolute Gasteiger partial charge is 0.387 e. The predicted octanol–water partition coefficient (Wildman–Crippen LogP) is -2.36. The summed E-state index contributed by atoms with van der Waals surface area (Å²) in [5, 5.41) is 19.6. The van der Waals surface area contributed by atoms with Crippen LogP contribution in [0.3, 0.4) is 0 Å². The van der Waals surface area contributed by atoms with Gasteiger partial charge in [-0.25, -0.2) is 4.79 Å². The Bertz CT molecular complexity index is 675. The van der Waals surface area contributed by atoms with Gasteiger partial charge < -0.3 is 30.2 Å². The fourth-order valence-corrected chi connectivity index (χ4v) is 2.92. The summed E-state index contributed by atoms with van der Waals surface area (Å²) < 4.78 is 17.9. The van der Waals surface area contributed by atoms with Crippen molar-refractivity contribution in [2.75, 3.05) is 13.2 Å². The number of nitrogens with zero attached hydrogens (tertiary/aromatic N) is 1. The Balaban J connectivity index is 1.53. The molecule has 0 aliphatic carbocycles. The van der Waals surface area contributed by atoms with E-state index in [0.29, 0.717) is 12.8 Å². The molecule has 134 valence electrons. The maximum atomic E-state index is 11.8. The van der Waals surface area contributed by atoms with Crippen LogP contribution in [0.15, 0.2) is 21.9 Å². The lowest BCUT2D eigenvalue weighted by Crippen LogP contribution is -2.36. The molecule has 1 aromatic heterocycles. The topological polar surface area (TPSA) is 149 Å². The number of ether oxygens (including phenoxy) is 3. The first kappa shape index (κ1) is 17.3. The first-order valence-corrected chi connectivity index (χ1v) is 7.80. The first-order chi connectivity index (χ1) is 11.5. The van der Waals surface area contributed by atoms with Gasteiger partial charge in [-0.2, -0.15) is 0 Å². The molecule has 0 aromatic carbocycles. The van der Waals surface area contributed by atoms with Crippen LogP contribution in [-0.4, -0.2) is 63.6 Å². The number of aromatic amines is 1. The smallest absolute Gasteiger partial charge is 0.330 e. The van der Waals surface area contributed by atoms with Gasteiger partial charge in [0.25, 0.3) is 5.56 Å². The monoisotopic (exact) mass is 343 g/mol. The Morgan fingerprint density at radius 3 is 2.75 bits per heavy atom. The van der Waals surface area contributed by atoms with Gasteiger partial charge in [-0.15, -0.1) is 0 Å². The van der Waals surface area contributed by atoms with Crippen molar-refractivity contribution in [3.63, 3.8) is 0 Å². The van der Waals surface area contributed by atoms with Crippen LogP contribution in [0.5, 0.6) is 0 Å². The standard InChI is InChI=1S/C14H21N3O7/c15-5-8-11(19)12(20)13(24-8)22-6-7-1-2-10(23-7)17-4-3-9(18)16-14(17)21/h3-4,7-8,10-13,19-20H,1-2,5-6,15H2,(H,16,18,21)/t7-,8+,10+,11+,12+,13+/m0/s1. The summed E-state index contributed by atoms with van der Waals surface area (Å²) in [4.78, 5) is 25.0. The number of nitrogens with two attached hydrogens (primary N) is 1. The zero-order valence-corrected chi connectivity index (χ0v) is 12.9. The summed E-state index contributed by atoms with van der Waals surface area (Å²) in [6, 6.07) is 1.26. The van der Waals surface area contributed by atoms with Crippen LogP contribution in [0.4, 0.5) is 0 Å². The highest BCUT2D eigenvalue weighted by molar-refractivity contribution is 4.88. The minimum absolute atomic E-state index is 0.0786. The molecule has 5 N–H and O–H groups in total. The summed E-state index contributed by atoms with van der Waals surface area (Å²) in [6.07, 6.45) is -2.05. The normalized spacial score (nSPS) is 36.3. The molecular formula is C14H21N3O7. The van der Waals surface area contributed by atoms with Gasteiger partial charge in [-0.3, -0.25) is 14.3 Å². The second-order valence-electron chi connectivity index (χ2n) is 5.90. The Kier molecular flexibility index (Phi) is 5.13. The van der Waals surface area contributed by atoms with Crippen LogP contribution in [0, 0.1) is 0 Å². The summed E-state index contributed by atoms with van der Waals surface area (Å²) in [5.41, 5.74) is 4.45. The van der Waals surface area contributed by atoms with Crippen molar-refractivity contribution in [3.05, 3.63) is 33.1 Å². The molecule has 0 saturated carbocycles.